The van der Waals surface area contributed by atoms with Crippen molar-refractivity contribution >= 4 is 17.6 Å². The number of esters is 1. The maximum absolute atomic E-state index is 12.0. The first-order valence-electron chi connectivity index (χ1n) is 7.05. The predicted molar refractivity (Wildman–Crippen MR) is 82.3 cm³/mol. The van der Waals surface area contributed by atoms with E-state index in [1.165, 1.54) is 0 Å². The summed E-state index contributed by atoms with van der Waals surface area (Å²) in [6.07, 6.45) is 1.94. The van der Waals surface area contributed by atoms with Gasteiger partial charge in [-0.25, -0.2) is 9.78 Å². The summed E-state index contributed by atoms with van der Waals surface area (Å²) in [5, 5.41) is 0.326. The number of carbonyl (C=O) groups is 1. The number of carbonyl (C=O) groups excluding carboxylic acids is 1. The van der Waals surface area contributed by atoms with Crippen molar-refractivity contribution in [3.05, 3.63) is 28.5 Å². The molecule has 0 amide bonds. The Hall–Kier alpha value is -1.09. The lowest BCUT2D eigenvalue weighted by Gasteiger charge is -2.18. The second-order valence-corrected chi connectivity index (χ2v) is 6.87. The standard InChI is InChI=1S/C16H24ClNO2/c1-11(2)7-6-8-20-15(19)12-9-13(16(3,4)5)18-14(17)10-12/h9-11H,6-8H2,1-5H3. The Kier molecular flexibility index (Phi) is 6.00. The lowest BCUT2D eigenvalue weighted by atomic mass is 9.91. The van der Waals surface area contributed by atoms with Crippen LogP contribution in [0.2, 0.25) is 5.15 Å². The summed E-state index contributed by atoms with van der Waals surface area (Å²) in [5.41, 5.74) is 1.11. The van der Waals surface area contributed by atoms with Crippen LogP contribution in [-0.4, -0.2) is 17.6 Å². The highest BCUT2D eigenvalue weighted by Gasteiger charge is 2.19. The van der Waals surface area contributed by atoms with Crippen LogP contribution in [0, 0.1) is 5.92 Å². The van der Waals surface area contributed by atoms with Crippen molar-refractivity contribution in [3.63, 3.8) is 0 Å². The minimum Gasteiger partial charge on any atom is -0.462 e. The van der Waals surface area contributed by atoms with Gasteiger partial charge in [0.1, 0.15) is 5.15 Å². The van der Waals surface area contributed by atoms with Gasteiger partial charge in [0.2, 0.25) is 0 Å². The zero-order chi connectivity index (χ0) is 15.3. The fourth-order valence-corrected chi connectivity index (χ4v) is 1.95. The molecule has 0 aromatic carbocycles. The quantitative estimate of drug-likeness (QED) is 0.452. The van der Waals surface area contributed by atoms with E-state index in [-0.39, 0.29) is 11.4 Å². The first kappa shape index (κ1) is 17.0. The number of hydrogen-bond donors (Lipinski definition) is 0. The second-order valence-electron chi connectivity index (χ2n) is 6.49. The van der Waals surface area contributed by atoms with Gasteiger partial charge in [-0.05, 0) is 30.9 Å². The number of ether oxygens (including phenoxy) is 1. The van der Waals surface area contributed by atoms with Gasteiger partial charge in [0, 0.05) is 11.1 Å². The molecule has 112 valence electrons. The van der Waals surface area contributed by atoms with Gasteiger partial charge in [-0.2, -0.15) is 0 Å². The average Bonchev–Trinajstić information content (AvgIpc) is 2.32. The number of rotatable bonds is 5. The Bertz CT molecular complexity index is 464. The summed E-state index contributed by atoms with van der Waals surface area (Å²) in [7, 11) is 0. The van der Waals surface area contributed by atoms with E-state index in [2.05, 4.69) is 18.8 Å². The first-order chi connectivity index (χ1) is 9.20. The molecule has 0 saturated carbocycles. The third-order valence-corrected chi connectivity index (χ3v) is 3.15. The molecule has 0 radical (unpaired) electrons. The van der Waals surface area contributed by atoms with E-state index in [1.54, 1.807) is 12.1 Å². The largest absolute Gasteiger partial charge is 0.462 e. The highest BCUT2D eigenvalue weighted by atomic mass is 35.5. The molecule has 0 aliphatic heterocycles. The fraction of sp³-hybridized carbons (Fsp3) is 0.625. The molecule has 0 spiro atoms. The van der Waals surface area contributed by atoms with Gasteiger partial charge in [-0.1, -0.05) is 46.2 Å². The lowest BCUT2D eigenvalue weighted by Crippen LogP contribution is -2.16. The predicted octanol–water partition coefficient (Wildman–Crippen LogP) is 4.63. The van der Waals surface area contributed by atoms with E-state index in [1.807, 2.05) is 20.8 Å². The van der Waals surface area contributed by atoms with Crippen molar-refractivity contribution in [3.8, 4) is 0 Å². The zero-order valence-electron chi connectivity index (χ0n) is 13.0. The van der Waals surface area contributed by atoms with Gasteiger partial charge in [-0.3, -0.25) is 0 Å². The summed E-state index contributed by atoms with van der Waals surface area (Å²) >= 11 is 5.98. The number of pyridine rings is 1. The van der Waals surface area contributed by atoms with Gasteiger partial charge in [-0.15, -0.1) is 0 Å². The van der Waals surface area contributed by atoms with Crippen LogP contribution in [0.5, 0.6) is 0 Å². The molecular weight excluding hydrogens is 274 g/mol. The molecule has 1 aromatic rings. The van der Waals surface area contributed by atoms with Crippen LogP contribution in [0.25, 0.3) is 0 Å². The van der Waals surface area contributed by atoms with Gasteiger partial charge in [0.15, 0.2) is 0 Å². The Labute approximate surface area is 126 Å². The average molecular weight is 298 g/mol. The second kappa shape index (κ2) is 7.07. The van der Waals surface area contributed by atoms with Crippen molar-refractivity contribution < 1.29 is 9.53 Å². The Morgan fingerprint density at radius 1 is 1.35 bits per heavy atom. The van der Waals surface area contributed by atoms with Crippen LogP contribution < -0.4 is 0 Å². The van der Waals surface area contributed by atoms with E-state index in [0.29, 0.717) is 23.2 Å². The summed E-state index contributed by atoms with van der Waals surface area (Å²) in [6.45, 7) is 10.8. The van der Waals surface area contributed by atoms with Gasteiger partial charge >= 0.3 is 5.97 Å². The third-order valence-electron chi connectivity index (χ3n) is 2.96. The Morgan fingerprint density at radius 3 is 2.55 bits per heavy atom. The van der Waals surface area contributed by atoms with E-state index in [4.69, 9.17) is 16.3 Å². The first-order valence-corrected chi connectivity index (χ1v) is 7.43. The van der Waals surface area contributed by atoms with Gasteiger partial charge in [0.05, 0.1) is 12.2 Å². The summed E-state index contributed by atoms with van der Waals surface area (Å²) in [4.78, 5) is 16.3. The maximum Gasteiger partial charge on any atom is 0.338 e. The van der Waals surface area contributed by atoms with E-state index in [0.717, 1.165) is 18.5 Å². The molecule has 0 bridgehead atoms. The monoisotopic (exact) mass is 297 g/mol. The van der Waals surface area contributed by atoms with Crippen molar-refractivity contribution in [2.24, 2.45) is 5.92 Å². The molecule has 1 rings (SSSR count). The molecule has 0 fully saturated rings. The highest BCUT2D eigenvalue weighted by molar-refractivity contribution is 6.29. The minimum absolute atomic E-state index is 0.155. The third kappa shape index (κ3) is 5.49. The van der Waals surface area contributed by atoms with Crippen molar-refractivity contribution in [2.45, 2.75) is 52.9 Å². The zero-order valence-corrected chi connectivity index (χ0v) is 13.8. The van der Waals surface area contributed by atoms with Crippen LogP contribution >= 0.6 is 11.6 Å². The van der Waals surface area contributed by atoms with E-state index in [9.17, 15) is 4.79 Å². The molecule has 3 nitrogen and oxygen atoms in total. The SMILES string of the molecule is CC(C)CCCOC(=O)c1cc(Cl)nc(C(C)(C)C)c1. The van der Waals surface area contributed by atoms with Crippen LogP contribution in [0.3, 0.4) is 0 Å². The molecular formula is C16H24ClNO2. The summed E-state index contributed by atoms with van der Waals surface area (Å²) < 4.78 is 5.28. The summed E-state index contributed by atoms with van der Waals surface area (Å²) in [6, 6.07) is 3.32. The minimum atomic E-state index is -0.330. The maximum atomic E-state index is 12.0. The molecule has 0 atom stereocenters. The van der Waals surface area contributed by atoms with E-state index >= 15 is 0 Å². The number of halogens is 1. The topological polar surface area (TPSA) is 39.2 Å². The van der Waals surface area contributed by atoms with Gasteiger partial charge < -0.3 is 4.74 Å². The molecule has 0 aliphatic rings. The molecule has 1 heterocycles. The molecule has 20 heavy (non-hydrogen) atoms. The fourth-order valence-electron chi connectivity index (χ4n) is 1.74. The summed E-state index contributed by atoms with van der Waals surface area (Å²) in [5.74, 6) is 0.292. The molecule has 0 saturated heterocycles. The van der Waals surface area contributed by atoms with Crippen molar-refractivity contribution in [1.29, 1.82) is 0 Å². The molecule has 0 aliphatic carbocycles. The van der Waals surface area contributed by atoms with Crippen LogP contribution in [0.4, 0.5) is 0 Å². The van der Waals surface area contributed by atoms with Crippen molar-refractivity contribution in [1.82, 2.24) is 4.98 Å². The Balaban J connectivity index is 2.71. The smallest absolute Gasteiger partial charge is 0.338 e. The van der Waals surface area contributed by atoms with Crippen molar-refractivity contribution in [2.75, 3.05) is 6.61 Å². The Morgan fingerprint density at radius 2 is 2.00 bits per heavy atom. The highest BCUT2D eigenvalue weighted by Crippen LogP contribution is 2.23. The van der Waals surface area contributed by atoms with Crippen LogP contribution in [0.15, 0.2) is 12.1 Å². The normalized spacial score (nSPS) is 11.8. The lowest BCUT2D eigenvalue weighted by molar-refractivity contribution is 0.0494. The molecule has 1 aromatic heterocycles. The van der Waals surface area contributed by atoms with E-state index < -0.39 is 0 Å². The molecule has 0 N–H and O–H groups in total. The molecule has 4 heteroatoms. The van der Waals surface area contributed by atoms with Gasteiger partial charge in [0.25, 0.3) is 0 Å². The number of nitrogens with zero attached hydrogens (tertiary/aromatic N) is 1. The molecule has 0 unspecified atom stereocenters. The number of aromatic nitrogens is 1. The van der Waals surface area contributed by atoms with Crippen LogP contribution in [0.1, 0.15) is 63.5 Å². The van der Waals surface area contributed by atoms with Crippen LogP contribution in [-0.2, 0) is 10.2 Å². The number of hydrogen-bond acceptors (Lipinski definition) is 3.